The van der Waals surface area contributed by atoms with Crippen LogP contribution in [0.25, 0.3) is 0 Å². The molecule has 21 heavy (non-hydrogen) atoms. The molecule has 0 amide bonds. The number of benzene rings is 1. The minimum Gasteiger partial charge on any atom is -0.494 e. The van der Waals surface area contributed by atoms with E-state index in [1.165, 1.54) is 5.56 Å². The van der Waals surface area contributed by atoms with Gasteiger partial charge in [-0.25, -0.2) is 0 Å². The van der Waals surface area contributed by atoms with Gasteiger partial charge in [-0.3, -0.25) is 4.79 Å². The first-order valence-electron chi connectivity index (χ1n) is 6.92. The van der Waals surface area contributed by atoms with E-state index in [0.29, 0.717) is 19.6 Å². The number of nitrogens with zero attached hydrogens (tertiary/aromatic N) is 2. The zero-order valence-corrected chi connectivity index (χ0v) is 12.3. The van der Waals surface area contributed by atoms with Gasteiger partial charge in [0.05, 0.1) is 6.61 Å². The Morgan fingerprint density at radius 3 is 2.52 bits per heavy atom. The van der Waals surface area contributed by atoms with Gasteiger partial charge in [0.25, 0.3) is 5.56 Å². The van der Waals surface area contributed by atoms with Gasteiger partial charge >= 0.3 is 0 Å². The fourth-order valence-electron chi connectivity index (χ4n) is 2.08. The molecule has 0 bridgehead atoms. The molecular formula is C17H18N2O2. The molecule has 1 heterocycles. The summed E-state index contributed by atoms with van der Waals surface area (Å²) in [6.07, 6.45) is 0.712. The smallest absolute Gasteiger partial charge is 0.268 e. The Balaban J connectivity index is 1.94. The molecule has 4 nitrogen and oxygen atoms in total. The van der Waals surface area contributed by atoms with E-state index in [0.717, 1.165) is 11.4 Å². The first-order valence-corrected chi connectivity index (χ1v) is 6.92. The van der Waals surface area contributed by atoms with Crippen molar-refractivity contribution in [2.75, 3.05) is 6.61 Å². The lowest BCUT2D eigenvalue weighted by atomic mass is 10.2. The van der Waals surface area contributed by atoms with Gasteiger partial charge in [-0.15, -0.1) is 0 Å². The predicted molar refractivity (Wildman–Crippen MR) is 81.4 cm³/mol. The first kappa shape index (κ1) is 14.9. The highest BCUT2D eigenvalue weighted by molar-refractivity contribution is 5.27. The molecule has 0 saturated heterocycles. The molecule has 0 unspecified atom stereocenters. The maximum absolute atomic E-state index is 12.0. The lowest BCUT2D eigenvalue weighted by Gasteiger charge is -2.11. The zero-order chi connectivity index (χ0) is 15.2. The number of aryl methyl sites for hydroxylation is 2. The molecule has 1 aromatic carbocycles. The van der Waals surface area contributed by atoms with Crippen molar-refractivity contribution in [1.82, 2.24) is 4.57 Å². The number of rotatable bonds is 5. The lowest BCUT2D eigenvalue weighted by Crippen LogP contribution is -2.25. The normalized spacial score (nSPS) is 10.1. The molecule has 0 spiro atoms. The monoisotopic (exact) mass is 282 g/mol. The number of aromatic nitrogens is 1. The first-order chi connectivity index (χ1) is 10.1. The Bertz CT molecular complexity index is 709. The van der Waals surface area contributed by atoms with Crippen LogP contribution in [0.1, 0.15) is 23.2 Å². The van der Waals surface area contributed by atoms with Gasteiger partial charge in [-0.1, -0.05) is 17.7 Å². The summed E-state index contributed by atoms with van der Waals surface area (Å²) in [4.78, 5) is 12.0. The van der Waals surface area contributed by atoms with Crippen LogP contribution in [-0.2, 0) is 6.54 Å². The molecular weight excluding hydrogens is 264 g/mol. The van der Waals surface area contributed by atoms with Crippen LogP contribution in [0.15, 0.2) is 41.2 Å². The second-order valence-electron chi connectivity index (χ2n) is 4.97. The lowest BCUT2D eigenvalue weighted by molar-refractivity contribution is 0.300. The third kappa shape index (κ3) is 3.73. The summed E-state index contributed by atoms with van der Waals surface area (Å²) >= 11 is 0. The third-order valence-electron chi connectivity index (χ3n) is 3.33. The summed E-state index contributed by atoms with van der Waals surface area (Å²) in [5, 5.41) is 8.89. The van der Waals surface area contributed by atoms with Crippen LogP contribution in [0.5, 0.6) is 5.75 Å². The molecule has 0 N–H and O–H groups in total. The van der Waals surface area contributed by atoms with Crippen LogP contribution in [0.2, 0.25) is 0 Å². The summed E-state index contributed by atoms with van der Waals surface area (Å²) in [5.41, 5.74) is 2.00. The van der Waals surface area contributed by atoms with Gasteiger partial charge in [-0.2, -0.15) is 5.26 Å². The van der Waals surface area contributed by atoms with Crippen molar-refractivity contribution in [2.45, 2.75) is 26.8 Å². The maximum atomic E-state index is 12.0. The second kappa shape index (κ2) is 6.76. The highest BCUT2D eigenvalue weighted by Crippen LogP contribution is 2.11. The number of hydrogen-bond donors (Lipinski definition) is 0. The number of hydrogen-bond acceptors (Lipinski definition) is 3. The van der Waals surface area contributed by atoms with E-state index in [-0.39, 0.29) is 11.1 Å². The fourth-order valence-corrected chi connectivity index (χ4v) is 2.08. The topological polar surface area (TPSA) is 55.0 Å². The Kier molecular flexibility index (Phi) is 4.78. The van der Waals surface area contributed by atoms with Gasteiger partial charge in [0.15, 0.2) is 0 Å². The van der Waals surface area contributed by atoms with Crippen molar-refractivity contribution < 1.29 is 4.74 Å². The molecule has 0 aliphatic rings. The Morgan fingerprint density at radius 1 is 1.14 bits per heavy atom. The van der Waals surface area contributed by atoms with Crippen LogP contribution in [0, 0.1) is 25.2 Å². The van der Waals surface area contributed by atoms with Gasteiger partial charge < -0.3 is 9.30 Å². The summed E-state index contributed by atoms with van der Waals surface area (Å²) in [5.74, 6) is 0.829. The van der Waals surface area contributed by atoms with E-state index in [2.05, 4.69) is 0 Å². The van der Waals surface area contributed by atoms with Crippen LogP contribution in [-0.4, -0.2) is 11.2 Å². The molecule has 4 heteroatoms. The van der Waals surface area contributed by atoms with E-state index >= 15 is 0 Å². The number of nitriles is 1. The summed E-state index contributed by atoms with van der Waals surface area (Å²) in [7, 11) is 0. The van der Waals surface area contributed by atoms with Gasteiger partial charge in [-0.05, 0) is 44.5 Å². The molecule has 0 radical (unpaired) electrons. The Morgan fingerprint density at radius 2 is 1.86 bits per heavy atom. The van der Waals surface area contributed by atoms with Crippen molar-refractivity contribution in [3.63, 3.8) is 0 Å². The van der Waals surface area contributed by atoms with E-state index < -0.39 is 0 Å². The molecule has 0 saturated carbocycles. The molecule has 2 aromatic rings. The minimum atomic E-state index is -0.229. The third-order valence-corrected chi connectivity index (χ3v) is 3.33. The molecule has 0 aliphatic heterocycles. The predicted octanol–water partition coefficient (Wildman–Crippen LogP) is 2.81. The van der Waals surface area contributed by atoms with Crippen LogP contribution < -0.4 is 10.3 Å². The molecule has 0 fully saturated rings. The van der Waals surface area contributed by atoms with Gasteiger partial charge in [0.1, 0.15) is 17.4 Å². The van der Waals surface area contributed by atoms with E-state index in [9.17, 15) is 4.79 Å². The minimum absolute atomic E-state index is 0.181. The van der Waals surface area contributed by atoms with Crippen molar-refractivity contribution in [3.05, 3.63) is 63.6 Å². The van der Waals surface area contributed by atoms with Crippen molar-refractivity contribution in [3.8, 4) is 11.8 Å². The molecule has 0 atom stereocenters. The summed E-state index contributed by atoms with van der Waals surface area (Å²) in [6, 6.07) is 13.1. The number of pyridine rings is 1. The summed E-state index contributed by atoms with van der Waals surface area (Å²) < 4.78 is 7.26. The average molecular weight is 282 g/mol. The van der Waals surface area contributed by atoms with Crippen LogP contribution >= 0.6 is 0 Å². The van der Waals surface area contributed by atoms with Crippen molar-refractivity contribution in [1.29, 1.82) is 5.26 Å². The summed E-state index contributed by atoms with van der Waals surface area (Å²) in [6.45, 7) is 4.97. The standard InChI is InChI=1S/C17H18N2O2/c1-13-4-8-16(9-5-13)21-11-3-10-19-14(2)6-7-15(12-18)17(19)20/h4-9H,3,10-11H2,1-2H3. The Labute approximate surface area is 124 Å². The van der Waals surface area contributed by atoms with E-state index in [4.69, 9.17) is 10.00 Å². The van der Waals surface area contributed by atoms with Crippen LogP contribution in [0.4, 0.5) is 0 Å². The van der Waals surface area contributed by atoms with Gasteiger partial charge in [0, 0.05) is 12.2 Å². The highest BCUT2D eigenvalue weighted by atomic mass is 16.5. The Hall–Kier alpha value is -2.54. The highest BCUT2D eigenvalue weighted by Gasteiger charge is 2.05. The van der Waals surface area contributed by atoms with Crippen molar-refractivity contribution >= 4 is 0 Å². The molecule has 108 valence electrons. The fraction of sp³-hybridized carbons (Fsp3) is 0.294. The largest absolute Gasteiger partial charge is 0.494 e. The number of ether oxygens (including phenoxy) is 1. The maximum Gasteiger partial charge on any atom is 0.268 e. The quantitative estimate of drug-likeness (QED) is 0.792. The van der Waals surface area contributed by atoms with Crippen molar-refractivity contribution in [2.24, 2.45) is 0 Å². The molecule has 2 rings (SSSR count). The molecule has 1 aromatic heterocycles. The van der Waals surface area contributed by atoms with E-state index in [1.54, 1.807) is 16.7 Å². The average Bonchev–Trinajstić information content (AvgIpc) is 2.48. The van der Waals surface area contributed by atoms with E-state index in [1.807, 2.05) is 44.2 Å². The van der Waals surface area contributed by atoms with Crippen LogP contribution in [0.3, 0.4) is 0 Å². The van der Waals surface area contributed by atoms with Gasteiger partial charge in [0.2, 0.25) is 0 Å². The second-order valence-corrected chi connectivity index (χ2v) is 4.97. The zero-order valence-electron chi connectivity index (χ0n) is 12.3. The molecule has 0 aliphatic carbocycles. The SMILES string of the molecule is Cc1ccc(OCCCn2c(C)ccc(C#N)c2=O)cc1.